The van der Waals surface area contributed by atoms with Gasteiger partial charge in [-0.2, -0.15) is 0 Å². The van der Waals surface area contributed by atoms with Crippen LogP contribution >= 0.6 is 0 Å². The highest BCUT2D eigenvalue weighted by Crippen LogP contribution is 2.28. The maximum Gasteiger partial charge on any atom is 0.0573 e. The van der Waals surface area contributed by atoms with Crippen molar-refractivity contribution in [1.82, 2.24) is 0 Å². The minimum atomic E-state index is 0.357. The van der Waals surface area contributed by atoms with Gasteiger partial charge in [-0.1, -0.05) is 27.7 Å². The van der Waals surface area contributed by atoms with Gasteiger partial charge in [-0.3, -0.25) is 0 Å². The van der Waals surface area contributed by atoms with E-state index in [9.17, 15) is 0 Å². The predicted octanol–water partition coefficient (Wildman–Crippen LogP) is 2.70. The first kappa shape index (κ1) is 9.96. The summed E-state index contributed by atoms with van der Waals surface area (Å²) in [6.45, 7) is 11.1. The Kier molecular flexibility index (Phi) is 3.37. The van der Waals surface area contributed by atoms with Gasteiger partial charge in [0, 0.05) is 7.11 Å². The molecule has 10 heavy (non-hydrogen) atoms. The van der Waals surface area contributed by atoms with E-state index in [1.54, 1.807) is 7.11 Å². The molecule has 62 valence electrons. The molecule has 0 fully saturated rings. The Bertz CT molecular complexity index is 91.4. The van der Waals surface area contributed by atoms with E-state index in [0.717, 1.165) is 0 Å². The Morgan fingerprint density at radius 2 is 1.50 bits per heavy atom. The van der Waals surface area contributed by atoms with Crippen molar-refractivity contribution in [2.45, 2.75) is 40.7 Å². The maximum atomic E-state index is 5.24. The zero-order valence-corrected chi connectivity index (χ0v) is 8.06. The van der Waals surface area contributed by atoms with Crippen LogP contribution in [-0.2, 0) is 4.74 Å². The van der Waals surface area contributed by atoms with Crippen LogP contribution in [0.1, 0.15) is 34.6 Å². The second-order valence-corrected chi connectivity index (χ2v) is 4.10. The summed E-state index contributed by atoms with van der Waals surface area (Å²) in [4.78, 5) is 0. The first-order valence-electron chi connectivity index (χ1n) is 3.92. The lowest BCUT2D eigenvalue weighted by Gasteiger charge is -2.31. The molecular formula is C9H20O. The van der Waals surface area contributed by atoms with Crippen molar-refractivity contribution in [3.63, 3.8) is 0 Å². The van der Waals surface area contributed by atoms with E-state index in [1.807, 2.05) is 0 Å². The van der Waals surface area contributed by atoms with Gasteiger partial charge in [0.15, 0.2) is 0 Å². The molecule has 0 aromatic rings. The van der Waals surface area contributed by atoms with Crippen molar-refractivity contribution in [1.29, 1.82) is 0 Å². The van der Waals surface area contributed by atoms with Crippen LogP contribution in [0.2, 0.25) is 0 Å². The van der Waals surface area contributed by atoms with Crippen LogP contribution in [0.5, 0.6) is 0 Å². The van der Waals surface area contributed by atoms with Gasteiger partial charge in [-0.05, 0) is 18.3 Å². The van der Waals surface area contributed by atoms with Crippen molar-refractivity contribution in [2.75, 3.05) is 7.11 Å². The van der Waals surface area contributed by atoms with E-state index in [4.69, 9.17) is 4.74 Å². The summed E-state index contributed by atoms with van der Waals surface area (Å²) in [7, 11) is 1.77. The molecule has 0 heterocycles. The molecule has 0 amide bonds. The van der Waals surface area contributed by atoms with Gasteiger partial charge >= 0.3 is 0 Å². The molecule has 0 aliphatic carbocycles. The van der Waals surface area contributed by atoms with Crippen molar-refractivity contribution in [3.8, 4) is 0 Å². The largest absolute Gasteiger partial charge is 0.381 e. The molecule has 2 atom stereocenters. The summed E-state index contributed by atoms with van der Waals surface area (Å²) in [5.74, 6) is 0.609. The van der Waals surface area contributed by atoms with Gasteiger partial charge in [0.1, 0.15) is 0 Å². The third-order valence-electron chi connectivity index (χ3n) is 2.44. The van der Waals surface area contributed by atoms with Crippen LogP contribution in [0.25, 0.3) is 0 Å². The Labute approximate surface area is 64.8 Å². The molecule has 0 aromatic heterocycles. The molecule has 0 saturated heterocycles. The van der Waals surface area contributed by atoms with E-state index in [2.05, 4.69) is 34.6 Å². The zero-order valence-electron chi connectivity index (χ0n) is 8.06. The van der Waals surface area contributed by atoms with E-state index >= 15 is 0 Å². The first-order valence-corrected chi connectivity index (χ1v) is 3.92. The number of rotatable bonds is 2. The average molecular weight is 144 g/mol. The Morgan fingerprint density at radius 1 is 1.10 bits per heavy atom. The molecule has 0 N–H and O–H groups in total. The number of ether oxygens (including phenoxy) is 1. The van der Waals surface area contributed by atoms with Gasteiger partial charge in [-0.15, -0.1) is 0 Å². The van der Waals surface area contributed by atoms with E-state index in [0.29, 0.717) is 17.4 Å². The minimum Gasteiger partial charge on any atom is -0.381 e. The van der Waals surface area contributed by atoms with Gasteiger partial charge < -0.3 is 4.74 Å². The van der Waals surface area contributed by atoms with Crippen molar-refractivity contribution in [2.24, 2.45) is 11.3 Å². The number of hydrogen-bond acceptors (Lipinski definition) is 1. The monoisotopic (exact) mass is 144 g/mol. The Hall–Kier alpha value is -0.0400. The molecule has 0 bridgehead atoms. The highest BCUT2D eigenvalue weighted by molar-refractivity contribution is 4.74. The summed E-state index contributed by atoms with van der Waals surface area (Å²) in [5, 5.41) is 0. The molecule has 1 nitrogen and oxygen atoms in total. The van der Waals surface area contributed by atoms with Gasteiger partial charge in [0.05, 0.1) is 6.10 Å². The van der Waals surface area contributed by atoms with Gasteiger partial charge in [0.2, 0.25) is 0 Å². The summed E-state index contributed by atoms with van der Waals surface area (Å²) in [6, 6.07) is 0. The van der Waals surface area contributed by atoms with Crippen molar-refractivity contribution < 1.29 is 4.74 Å². The summed E-state index contributed by atoms with van der Waals surface area (Å²) in [5.41, 5.74) is 0.357. The van der Waals surface area contributed by atoms with Crippen LogP contribution in [0.15, 0.2) is 0 Å². The van der Waals surface area contributed by atoms with Gasteiger partial charge in [-0.25, -0.2) is 0 Å². The lowest BCUT2D eigenvalue weighted by molar-refractivity contribution is 0.0271. The molecule has 0 radical (unpaired) electrons. The zero-order chi connectivity index (χ0) is 8.36. The maximum absolute atomic E-state index is 5.24. The average Bonchev–Trinajstić information content (AvgIpc) is 1.83. The standard InChI is InChI=1S/C9H20O/c1-7(8(2)10-6)9(3,4)5/h7-8H,1-6H3/t7-,8+/m0/s1. The van der Waals surface area contributed by atoms with Crippen molar-refractivity contribution in [3.05, 3.63) is 0 Å². The van der Waals surface area contributed by atoms with Gasteiger partial charge in [0.25, 0.3) is 0 Å². The van der Waals surface area contributed by atoms with Crippen molar-refractivity contribution >= 4 is 0 Å². The minimum absolute atomic E-state index is 0.357. The fourth-order valence-electron chi connectivity index (χ4n) is 0.908. The predicted molar refractivity (Wildman–Crippen MR) is 45.1 cm³/mol. The fraction of sp³-hybridized carbons (Fsp3) is 1.00. The molecule has 0 rings (SSSR count). The Balaban J connectivity index is 3.94. The van der Waals surface area contributed by atoms with Crippen LogP contribution in [-0.4, -0.2) is 13.2 Å². The normalized spacial score (nSPS) is 18.6. The van der Waals surface area contributed by atoms with Crippen LogP contribution < -0.4 is 0 Å². The van der Waals surface area contributed by atoms with Crippen LogP contribution in [0.4, 0.5) is 0 Å². The fourth-order valence-corrected chi connectivity index (χ4v) is 0.908. The molecule has 0 spiro atoms. The topological polar surface area (TPSA) is 9.23 Å². The van der Waals surface area contributed by atoms with Crippen LogP contribution in [0, 0.1) is 11.3 Å². The molecule has 0 aliphatic rings. The SMILES string of the molecule is CO[C@H](C)[C@H](C)C(C)(C)C. The van der Waals surface area contributed by atoms with E-state index in [-0.39, 0.29) is 0 Å². The second-order valence-electron chi connectivity index (χ2n) is 4.10. The highest BCUT2D eigenvalue weighted by atomic mass is 16.5. The highest BCUT2D eigenvalue weighted by Gasteiger charge is 2.24. The first-order chi connectivity index (χ1) is 4.39. The number of methoxy groups -OCH3 is 1. The van der Waals surface area contributed by atoms with E-state index in [1.165, 1.54) is 0 Å². The molecule has 0 unspecified atom stereocenters. The third-order valence-corrected chi connectivity index (χ3v) is 2.44. The molecule has 0 aliphatic heterocycles. The lowest BCUT2D eigenvalue weighted by Crippen LogP contribution is -2.28. The summed E-state index contributed by atoms with van der Waals surface area (Å²) in [6.07, 6.45) is 0.361. The second kappa shape index (κ2) is 3.38. The third kappa shape index (κ3) is 2.70. The molecule has 0 saturated carbocycles. The molecular weight excluding hydrogens is 124 g/mol. The quantitative estimate of drug-likeness (QED) is 0.579. The van der Waals surface area contributed by atoms with E-state index < -0.39 is 0 Å². The summed E-state index contributed by atoms with van der Waals surface area (Å²) >= 11 is 0. The Morgan fingerprint density at radius 3 is 1.60 bits per heavy atom. The number of hydrogen-bond donors (Lipinski definition) is 0. The smallest absolute Gasteiger partial charge is 0.0573 e. The molecule has 0 aromatic carbocycles. The summed E-state index contributed by atoms with van der Waals surface area (Å²) < 4.78 is 5.24. The molecule has 1 heteroatoms. The van der Waals surface area contributed by atoms with Crippen LogP contribution in [0.3, 0.4) is 0 Å². The lowest BCUT2D eigenvalue weighted by atomic mass is 9.79.